The van der Waals surface area contributed by atoms with Crippen LogP contribution in [0, 0.1) is 5.82 Å². The van der Waals surface area contributed by atoms with Crippen LogP contribution in [0.1, 0.15) is 18.5 Å². The summed E-state index contributed by atoms with van der Waals surface area (Å²) in [5.41, 5.74) is 0.517. The lowest BCUT2D eigenvalue weighted by Gasteiger charge is -2.15. The number of H-pyrrole nitrogens is 1. The van der Waals surface area contributed by atoms with Crippen molar-refractivity contribution < 1.29 is 4.39 Å². The first kappa shape index (κ1) is 12.8. The Bertz CT molecular complexity index is 614. The molecule has 1 aromatic heterocycles. The van der Waals surface area contributed by atoms with Gasteiger partial charge in [-0.2, -0.15) is 0 Å². The monoisotopic (exact) mass is 311 g/mol. The first-order chi connectivity index (χ1) is 8.58. The summed E-state index contributed by atoms with van der Waals surface area (Å²) in [6.07, 6.45) is 1.31. The van der Waals surface area contributed by atoms with Crippen molar-refractivity contribution in [3.8, 4) is 0 Å². The first-order valence-electron chi connectivity index (χ1n) is 5.33. The van der Waals surface area contributed by atoms with Crippen LogP contribution in [0.25, 0.3) is 0 Å². The van der Waals surface area contributed by atoms with E-state index in [1.807, 2.05) is 13.0 Å². The topological polar surface area (TPSA) is 57.8 Å². The number of benzene rings is 1. The van der Waals surface area contributed by atoms with Crippen molar-refractivity contribution in [3.05, 3.63) is 56.8 Å². The lowest BCUT2D eigenvalue weighted by atomic mass is 10.1. The van der Waals surface area contributed by atoms with Crippen molar-refractivity contribution in [3.63, 3.8) is 0 Å². The third kappa shape index (κ3) is 2.76. The zero-order valence-corrected chi connectivity index (χ0v) is 11.2. The molecule has 94 valence electrons. The van der Waals surface area contributed by atoms with Gasteiger partial charge in [0.25, 0.3) is 5.56 Å². The molecule has 1 aromatic carbocycles. The molecule has 0 amide bonds. The molecule has 0 aliphatic heterocycles. The van der Waals surface area contributed by atoms with E-state index in [4.69, 9.17) is 0 Å². The molecule has 1 heterocycles. The van der Waals surface area contributed by atoms with E-state index in [9.17, 15) is 9.18 Å². The van der Waals surface area contributed by atoms with Crippen LogP contribution in [0.5, 0.6) is 0 Å². The fourth-order valence-corrected chi connectivity index (χ4v) is 1.88. The number of halogens is 2. The molecular weight excluding hydrogens is 301 g/mol. The Kier molecular flexibility index (Phi) is 3.76. The summed E-state index contributed by atoms with van der Waals surface area (Å²) in [7, 11) is 0. The normalized spacial score (nSPS) is 12.2. The molecule has 0 saturated heterocycles. The second kappa shape index (κ2) is 5.30. The third-order valence-electron chi connectivity index (χ3n) is 2.50. The molecule has 0 spiro atoms. The van der Waals surface area contributed by atoms with Gasteiger partial charge >= 0.3 is 0 Å². The van der Waals surface area contributed by atoms with Crippen molar-refractivity contribution in [2.24, 2.45) is 0 Å². The summed E-state index contributed by atoms with van der Waals surface area (Å²) in [6, 6.07) is 6.12. The summed E-state index contributed by atoms with van der Waals surface area (Å²) >= 11 is 3.15. The van der Waals surface area contributed by atoms with Gasteiger partial charge in [-0.05, 0) is 40.5 Å². The van der Waals surface area contributed by atoms with Gasteiger partial charge in [0.05, 0.1) is 12.4 Å². The maximum atomic E-state index is 13.1. The van der Waals surface area contributed by atoms with Gasteiger partial charge in [-0.15, -0.1) is 0 Å². The molecule has 1 atom stereocenters. The Hall–Kier alpha value is -1.69. The fourth-order valence-electron chi connectivity index (χ4n) is 1.55. The molecule has 2 N–H and O–H groups in total. The van der Waals surface area contributed by atoms with Gasteiger partial charge in [-0.1, -0.05) is 12.1 Å². The number of aromatic amines is 1. The zero-order chi connectivity index (χ0) is 13.1. The second-order valence-electron chi connectivity index (χ2n) is 3.82. The van der Waals surface area contributed by atoms with E-state index in [1.54, 1.807) is 6.07 Å². The number of aromatic nitrogens is 2. The maximum absolute atomic E-state index is 13.1. The Balaban J connectivity index is 2.24. The fraction of sp³-hybridized carbons (Fsp3) is 0.167. The Morgan fingerprint density at radius 3 is 3.00 bits per heavy atom. The SMILES string of the molecule is CC(Nc1nc[nH]c(=O)c1Br)c1cccc(F)c1. The van der Waals surface area contributed by atoms with Crippen LogP contribution in [-0.2, 0) is 0 Å². The number of hydrogen-bond acceptors (Lipinski definition) is 3. The minimum atomic E-state index is -0.293. The smallest absolute Gasteiger partial charge is 0.267 e. The van der Waals surface area contributed by atoms with Gasteiger partial charge in [-0.3, -0.25) is 4.79 Å². The number of nitrogens with one attached hydrogen (secondary N) is 2. The van der Waals surface area contributed by atoms with Crippen LogP contribution in [0.3, 0.4) is 0 Å². The van der Waals surface area contributed by atoms with E-state index < -0.39 is 0 Å². The van der Waals surface area contributed by atoms with Gasteiger partial charge < -0.3 is 10.3 Å². The van der Waals surface area contributed by atoms with Crippen LogP contribution in [0.15, 0.2) is 39.9 Å². The Morgan fingerprint density at radius 2 is 2.28 bits per heavy atom. The molecular formula is C12H11BrFN3O. The van der Waals surface area contributed by atoms with Crippen LogP contribution in [-0.4, -0.2) is 9.97 Å². The van der Waals surface area contributed by atoms with E-state index >= 15 is 0 Å². The molecule has 18 heavy (non-hydrogen) atoms. The second-order valence-corrected chi connectivity index (χ2v) is 4.61. The van der Waals surface area contributed by atoms with Crippen molar-refractivity contribution >= 4 is 21.7 Å². The number of hydrogen-bond donors (Lipinski definition) is 2. The largest absolute Gasteiger partial charge is 0.362 e. The summed E-state index contributed by atoms with van der Waals surface area (Å²) in [5.74, 6) is 0.134. The quantitative estimate of drug-likeness (QED) is 0.916. The lowest BCUT2D eigenvalue weighted by molar-refractivity contribution is 0.623. The summed E-state index contributed by atoms with van der Waals surface area (Å²) < 4.78 is 13.4. The average molecular weight is 312 g/mol. The summed E-state index contributed by atoms with van der Waals surface area (Å²) in [6.45, 7) is 1.87. The predicted molar refractivity (Wildman–Crippen MR) is 71.0 cm³/mol. The highest BCUT2D eigenvalue weighted by atomic mass is 79.9. The highest BCUT2D eigenvalue weighted by Crippen LogP contribution is 2.21. The minimum Gasteiger partial charge on any atom is -0.362 e. The van der Waals surface area contributed by atoms with Gasteiger partial charge in [0, 0.05) is 0 Å². The van der Waals surface area contributed by atoms with E-state index in [1.165, 1.54) is 18.5 Å². The van der Waals surface area contributed by atoms with E-state index in [2.05, 4.69) is 31.2 Å². The molecule has 0 aliphatic rings. The van der Waals surface area contributed by atoms with Crippen molar-refractivity contribution in [1.29, 1.82) is 0 Å². The van der Waals surface area contributed by atoms with Crippen LogP contribution in [0.2, 0.25) is 0 Å². The summed E-state index contributed by atoms with van der Waals surface area (Å²) in [4.78, 5) is 17.8. The van der Waals surface area contributed by atoms with E-state index in [0.29, 0.717) is 10.3 Å². The molecule has 0 fully saturated rings. The molecule has 0 radical (unpaired) electrons. The Morgan fingerprint density at radius 1 is 1.50 bits per heavy atom. The van der Waals surface area contributed by atoms with Crippen molar-refractivity contribution in [2.75, 3.05) is 5.32 Å². The average Bonchev–Trinajstić information content (AvgIpc) is 2.35. The predicted octanol–water partition coefficient (Wildman–Crippen LogP) is 2.84. The van der Waals surface area contributed by atoms with Gasteiger partial charge in [-0.25, -0.2) is 9.37 Å². The third-order valence-corrected chi connectivity index (χ3v) is 3.23. The lowest BCUT2D eigenvalue weighted by Crippen LogP contribution is -2.14. The van der Waals surface area contributed by atoms with Crippen LogP contribution in [0.4, 0.5) is 10.2 Å². The molecule has 2 rings (SSSR count). The van der Waals surface area contributed by atoms with Gasteiger partial charge in [0.2, 0.25) is 0 Å². The molecule has 4 nitrogen and oxygen atoms in total. The molecule has 0 aliphatic carbocycles. The van der Waals surface area contributed by atoms with E-state index in [0.717, 1.165) is 5.56 Å². The van der Waals surface area contributed by atoms with Gasteiger partial charge in [0.1, 0.15) is 16.1 Å². The zero-order valence-electron chi connectivity index (χ0n) is 9.58. The number of nitrogens with zero attached hydrogens (tertiary/aromatic N) is 1. The highest BCUT2D eigenvalue weighted by molar-refractivity contribution is 9.10. The van der Waals surface area contributed by atoms with Crippen molar-refractivity contribution in [2.45, 2.75) is 13.0 Å². The number of anilines is 1. The molecule has 0 bridgehead atoms. The highest BCUT2D eigenvalue weighted by Gasteiger charge is 2.10. The molecule has 2 aromatic rings. The Labute approximate surface area is 111 Å². The van der Waals surface area contributed by atoms with Crippen LogP contribution >= 0.6 is 15.9 Å². The first-order valence-corrected chi connectivity index (χ1v) is 6.12. The number of rotatable bonds is 3. The maximum Gasteiger partial charge on any atom is 0.267 e. The minimum absolute atomic E-state index is 0.161. The standard InChI is InChI=1S/C12H11BrFN3O/c1-7(8-3-2-4-9(14)5-8)17-11-10(13)12(18)16-6-15-11/h2-7H,1H3,(H2,15,16,17,18). The summed E-state index contributed by atoms with van der Waals surface area (Å²) in [5, 5.41) is 3.05. The van der Waals surface area contributed by atoms with Gasteiger partial charge in [0.15, 0.2) is 0 Å². The molecule has 1 unspecified atom stereocenters. The van der Waals surface area contributed by atoms with E-state index in [-0.39, 0.29) is 17.4 Å². The van der Waals surface area contributed by atoms with Crippen molar-refractivity contribution in [1.82, 2.24) is 9.97 Å². The molecule has 0 saturated carbocycles. The molecule has 6 heteroatoms. The van der Waals surface area contributed by atoms with Crippen LogP contribution < -0.4 is 10.9 Å².